The quantitative estimate of drug-likeness (QED) is 0.473. The summed E-state index contributed by atoms with van der Waals surface area (Å²) in [5, 5.41) is 0. The Labute approximate surface area is 180 Å². The van der Waals surface area contributed by atoms with Gasteiger partial charge in [-0.3, -0.25) is 19.5 Å². The number of hydrogen-bond donors (Lipinski definition) is 0. The smallest absolute Gasteiger partial charge is 0.304 e. The standard InChI is InChI=1S/C22H18F3N5O2/c1-29-5-7-30(8-6-29)11-12-9-15-16(10-14(12)22(23,24)25)28-18-19(27-15)21(32)17-13(20(18)31)3-2-4-26-17/h2-4,9-10H,5-8,11H2,1H3. The Morgan fingerprint density at radius 2 is 1.59 bits per heavy atom. The second-order valence-corrected chi connectivity index (χ2v) is 8.05. The molecule has 0 amide bonds. The number of piperazine rings is 1. The highest BCUT2D eigenvalue weighted by atomic mass is 19.4. The summed E-state index contributed by atoms with van der Waals surface area (Å²) in [5.74, 6) is -1.14. The summed E-state index contributed by atoms with van der Waals surface area (Å²) in [4.78, 5) is 42.1. The summed E-state index contributed by atoms with van der Waals surface area (Å²) in [7, 11) is 1.97. The maximum atomic E-state index is 13.9. The molecule has 2 aromatic heterocycles. The molecule has 1 aliphatic carbocycles. The molecule has 3 heterocycles. The van der Waals surface area contributed by atoms with Gasteiger partial charge in [-0.1, -0.05) is 0 Å². The van der Waals surface area contributed by atoms with Gasteiger partial charge >= 0.3 is 6.18 Å². The van der Waals surface area contributed by atoms with Crippen molar-refractivity contribution in [2.24, 2.45) is 0 Å². The molecule has 32 heavy (non-hydrogen) atoms. The Balaban J connectivity index is 1.63. The lowest BCUT2D eigenvalue weighted by Gasteiger charge is -2.33. The third-order valence-electron chi connectivity index (χ3n) is 5.88. The van der Waals surface area contributed by atoms with E-state index in [1.165, 1.54) is 24.4 Å². The fraction of sp³-hybridized carbons (Fsp3) is 0.318. The third-order valence-corrected chi connectivity index (χ3v) is 5.88. The average Bonchev–Trinajstić information content (AvgIpc) is 2.77. The second-order valence-electron chi connectivity index (χ2n) is 8.05. The van der Waals surface area contributed by atoms with Gasteiger partial charge in [0.2, 0.25) is 11.6 Å². The number of halogens is 3. The van der Waals surface area contributed by atoms with Crippen LogP contribution in [-0.2, 0) is 12.7 Å². The van der Waals surface area contributed by atoms with Crippen LogP contribution in [0.25, 0.3) is 11.0 Å². The van der Waals surface area contributed by atoms with Crippen LogP contribution in [0, 0.1) is 0 Å². The third kappa shape index (κ3) is 3.45. The molecule has 0 bridgehead atoms. The van der Waals surface area contributed by atoms with Gasteiger partial charge in [0.05, 0.1) is 22.2 Å². The molecule has 1 fully saturated rings. The molecule has 1 aliphatic heterocycles. The Morgan fingerprint density at radius 3 is 2.28 bits per heavy atom. The first-order valence-corrected chi connectivity index (χ1v) is 10.1. The number of hydrogen-bond acceptors (Lipinski definition) is 7. The van der Waals surface area contributed by atoms with Crippen molar-refractivity contribution < 1.29 is 22.8 Å². The summed E-state index contributed by atoms with van der Waals surface area (Å²) in [5.41, 5.74) is -1.06. The SMILES string of the molecule is CN1CCN(Cc2cc3nc4c(nc3cc2C(F)(F)F)C(=O)c2cccnc2C4=O)CC1. The average molecular weight is 441 g/mol. The van der Waals surface area contributed by atoms with Crippen LogP contribution in [0.5, 0.6) is 0 Å². The molecule has 0 spiro atoms. The van der Waals surface area contributed by atoms with Crippen LogP contribution < -0.4 is 0 Å². The van der Waals surface area contributed by atoms with E-state index in [4.69, 9.17) is 0 Å². The molecule has 5 rings (SSSR count). The number of aromatic nitrogens is 3. The van der Waals surface area contributed by atoms with Crippen molar-refractivity contribution in [3.05, 3.63) is 64.2 Å². The van der Waals surface area contributed by atoms with Crippen molar-refractivity contribution >= 4 is 22.6 Å². The number of likely N-dealkylation sites (N-methyl/N-ethyl adjacent to an activating group) is 1. The Kier molecular flexibility index (Phi) is 4.79. The number of rotatable bonds is 2. The van der Waals surface area contributed by atoms with Gasteiger partial charge < -0.3 is 4.90 Å². The van der Waals surface area contributed by atoms with Crippen LogP contribution in [0.1, 0.15) is 43.4 Å². The van der Waals surface area contributed by atoms with E-state index < -0.39 is 23.3 Å². The predicted molar refractivity (Wildman–Crippen MR) is 108 cm³/mol. The van der Waals surface area contributed by atoms with Crippen LogP contribution in [-0.4, -0.2) is 69.5 Å². The number of fused-ring (bicyclic) bond motifs is 3. The largest absolute Gasteiger partial charge is 0.416 e. The maximum Gasteiger partial charge on any atom is 0.416 e. The van der Waals surface area contributed by atoms with Crippen molar-refractivity contribution in [1.29, 1.82) is 0 Å². The Morgan fingerprint density at radius 1 is 0.938 bits per heavy atom. The molecule has 1 aromatic carbocycles. The van der Waals surface area contributed by atoms with Gasteiger partial charge in [-0.2, -0.15) is 13.2 Å². The highest BCUT2D eigenvalue weighted by molar-refractivity contribution is 6.26. The molecular formula is C22H18F3N5O2. The van der Waals surface area contributed by atoms with Crippen LogP contribution in [0.4, 0.5) is 13.2 Å². The molecule has 7 nitrogen and oxygen atoms in total. The van der Waals surface area contributed by atoms with Gasteiger partial charge in [-0.15, -0.1) is 0 Å². The van der Waals surface area contributed by atoms with Gasteiger partial charge in [0.1, 0.15) is 17.1 Å². The van der Waals surface area contributed by atoms with E-state index in [9.17, 15) is 22.8 Å². The first-order chi connectivity index (χ1) is 15.2. The van der Waals surface area contributed by atoms with E-state index in [2.05, 4.69) is 19.9 Å². The molecule has 10 heteroatoms. The lowest BCUT2D eigenvalue weighted by molar-refractivity contribution is -0.138. The predicted octanol–water partition coefficient (Wildman–Crippen LogP) is 2.57. The zero-order valence-corrected chi connectivity index (χ0v) is 17.1. The van der Waals surface area contributed by atoms with Crippen molar-refractivity contribution in [2.75, 3.05) is 33.2 Å². The highest BCUT2D eigenvalue weighted by Crippen LogP contribution is 2.35. The van der Waals surface area contributed by atoms with Crippen molar-refractivity contribution in [3.8, 4) is 0 Å². The minimum Gasteiger partial charge on any atom is -0.304 e. The number of ketones is 2. The van der Waals surface area contributed by atoms with E-state index in [0.29, 0.717) is 13.1 Å². The molecule has 0 radical (unpaired) electrons. The van der Waals surface area contributed by atoms with Crippen LogP contribution in [0.15, 0.2) is 30.5 Å². The van der Waals surface area contributed by atoms with E-state index in [0.717, 1.165) is 19.2 Å². The lowest BCUT2D eigenvalue weighted by atomic mass is 9.93. The van der Waals surface area contributed by atoms with Crippen LogP contribution >= 0.6 is 0 Å². The summed E-state index contributed by atoms with van der Waals surface area (Å²) in [6.45, 7) is 2.94. The van der Waals surface area contributed by atoms with Gasteiger partial charge in [-0.25, -0.2) is 9.97 Å². The monoisotopic (exact) mass is 441 g/mol. The minimum absolute atomic E-state index is 0.0248. The Hall–Kier alpha value is -3.24. The molecule has 0 unspecified atom stereocenters. The fourth-order valence-corrected chi connectivity index (χ4v) is 4.11. The first-order valence-electron chi connectivity index (χ1n) is 10.1. The lowest BCUT2D eigenvalue weighted by Crippen LogP contribution is -2.44. The number of carbonyl (C=O) groups is 2. The molecule has 0 N–H and O–H groups in total. The van der Waals surface area contributed by atoms with Gasteiger partial charge in [0.25, 0.3) is 0 Å². The minimum atomic E-state index is -4.59. The summed E-state index contributed by atoms with van der Waals surface area (Å²) in [6.07, 6.45) is -3.20. The summed E-state index contributed by atoms with van der Waals surface area (Å²) < 4.78 is 41.6. The van der Waals surface area contributed by atoms with Crippen LogP contribution in [0.3, 0.4) is 0 Å². The molecule has 164 valence electrons. The Bertz CT molecular complexity index is 1270. The normalized spacial score (nSPS) is 17.5. The number of alkyl halides is 3. The van der Waals surface area contributed by atoms with E-state index in [-0.39, 0.29) is 45.8 Å². The molecule has 0 atom stereocenters. The van der Waals surface area contributed by atoms with Gasteiger partial charge in [0.15, 0.2) is 0 Å². The molecular weight excluding hydrogens is 423 g/mol. The molecule has 2 aliphatic rings. The molecule has 3 aromatic rings. The molecule has 1 saturated heterocycles. The maximum absolute atomic E-state index is 13.9. The number of benzene rings is 1. The van der Waals surface area contributed by atoms with Gasteiger partial charge in [-0.05, 0) is 36.9 Å². The summed E-state index contributed by atoms with van der Waals surface area (Å²) >= 11 is 0. The zero-order chi connectivity index (χ0) is 22.6. The fourth-order valence-electron chi connectivity index (χ4n) is 4.11. The van der Waals surface area contributed by atoms with Crippen molar-refractivity contribution in [1.82, 2.24) is 24.8 Å². The number of carbonyl (C=O) groups excluding carboxylic acids is 2. The topological polar surface area (TPSA) is 79.3 Å². The van der Waals surface area contributed by atoms with E-state index in [1.54, 1.807) is 0 Å². The van der Waals surface area contributed by atoms with Crippen molar-refractivity contribution in [3.63, 3.8) is 0 Å². The summed E-state index contributed by atoms with van der Waals surface area (Å²) in [6, 6.07) is 5.20. The number of pyridine rings is 1. The second kappa shape index (κ2) is 7.42. The van der Waals surface area contributed by atoms with E-state index in [1.807, 2.05) is 11.9 Å². The molecule has 0 saturated carbocycles. The van der Waals surface area contributed by atoms with Crippen LogP contribution in [0.2, 0.25) is 0 Å². The zero-order valence-electron chi connectivity index (χ0n) is 17.1. The van der Waals surface area contributed by atoms with Crippen molar-refractivity contribution in [2.45, 2.75) is 12.7 Å². The first kappa shape index (κ1) is 20.7. The highest BCUT2D eigenvalue weighted by Gasteiger charge is 2.37. The number of nitrogens with zero attached hydrogens (tertiary/aromatic N) is 5. The van der Waals surface area contributed by atoms with E-state index >= 15 is 0 Å². The van der Waals surface area contributed by atoms with Gasteiger partial charge in [0, 0.05) is 38.9 Å².